The molecule has 1 saturated heterocycles. The second-order valence-electron chi connectivity index (χ2n) is 6.47. The number of rotatable bonds is 2. The Morgan fingerprint density at radius 1 is 1.10 bits per heavy atom. The summed E-state index contributed by atoms with van der Waals surface area (Å²) in [5.74, 6) is 0.117. The van der Waals surface area contributed by atoms with E-state index in [9.17, 15) is 9.59 Å². The van der Waals surface area contributed by atoms with E-state index >= 15 is 0 Å². The molecule has 1 heterocycles. The van der Waals surface area contributed by atoms with Crippen LogP contribution in [0.3, 0.4) is 0 Å². The number of nitrogens with zero attached hydrogens (tertiary/aromatic N) is 1. The van der Waals surface area contributed by atoms with Crippen LogP contribution in [-0.2, 0) is 9.59 Å². The lowest BCUT2D eigenvalue weighted by atomic mass is 10.00. The topological polar surface area (TPSA) is 63.4 Å². The maximum absolute atomic E-state index is 12.7. The normalized spacial score (nSPS) is 28.3. The fourth-order valence-corrected chi connectivity index (χ4v) is 3.72. The Morgan fingerprint density at radius 3 is 2.14 bits per heavy atom. The summed E-state index contributed by atoms with van der Waals surface area (Å²) in [6, 6.07) is 3.70. The summed E-state index contributed by atoms with van der Waals surface area (Å²) in [5, 5.41) is 0. The van der Waals surface area contributed by atoms with Crippen molar-refractivity contribution in [1.82, 2.24) is 0 Å². The number of hydrogen-bond acceptors (Lipinski definition) is 3. The van der Waals surface area contributed by atoms with Crippen LogP contribution >= 0.6 is 0 Å². The van der Waals surface area contributed by atoms with Gasteiger partial charge in [-0.2, -0.15) is 0 Å². The predicted molar refractivity (Wildman–Crippen MR) is 82.8 cm³/mol. The maximum atomic E-state index is 12.7. The first-order chi connectivity index (χ1) is 9.93. The van der Waals surface area contributed by atoms with Gasteiger partial charge in [0.25, 0.3) is 0 Å². The number of nitrogens with two attached hydrogens (primary N) is 1. The minimum Gasteiger partial charge on any atom is -0.397 e. The van der Waals surface area contributed by atoms with Gasteiger partial charge in [-0.3, -0.25) is 9.59 Å². The third-order valence-electron chi connectivity index (χ3n) is 5.20. The van der Waals surface area contributed by atoms with Crippen molar-refractivity contribution in [3.05, 3.63) is 23.3 Å². The van der Waals surface area contributed by atoms with E-state index in [-0.39, 0.29) is 23.7 Å². The maximum Gasteiger partial charge on any atom is 0.237 e. The van der Waals surface area contributed by atoms with E-state index in [1.54, 1.807) is 0 Å². The van der Waals surface area contributed by atoms with Gasteiger partial charge in [-0.25, -0.2) is 4.90 Å². The minimum atomic E-state index is -0.136. The number of carbonyl (C=O) groups is 2. The zero-order valence-electron chi connectivity index (χ0n) is 12.8. The molecule has 21 heavy (non-hydrogen) atoms. The molecule has 0 radical (unpaired) electrons. The Bertz CT molecular complexity index is 599. The first-order valence-corrected chi connectivity index (χ1v) is 7.68. The molecule has 3 rings (SSSR count). The van der Waals surface area contributed by atoms with Crippen molar-refractivity contribution in [3.63, 3.8) is 0 Å². The fraction of sp³-hybridized carbons (Fsp3) is 0.529. The first-order valence-electron chi connectivity index (χ1n) is 7.68. The van der Waals surface area contributed by atoms with Gasteiger partial charge in [-0.1, -0.05) is 13.3 Å². The van der Waals surface area contributed by atoms with Crippen molar-refractivity contribution >= 4 is 23.2 Å². The molecular formula is C17H22N2O2. The van der Waals surface area contributed by atoms with E-state index in [0.29, 0.717) is 17.3 Å². The Morgan fingerprint density at radius 2 is 1.62 bits per heavy atom. The average molecular weight is 286 g/mol. The van der Waals surface area contributed by atoms with Gasteiger partial charge in [0.15, 0.2) is 0 Å². The summed E-state index contributed by atoms with van der Waals surface area (Å²) in [5.41, 5.74) is 9.24. The number of carbonyl (C=O) groups excluding carboxylic acids is 2. The highest BCUT2D eigenvalue weighted by Crippen LogP contribution is 2.46. The first kappa shape index (κ1) is 14.1. The highest BCUT2D eigenvalue weighted by molar-refractivity contribution is 6.23. The SMILES string of the molecule is CCC1CC2C(=O)N(c3cc(C)c(C)cc3N)C(=O)C2C1. The second kappa shape index (κ2) is 4.86. The van der Waals surface area contributed by atoms with Crippen LogP contribution in [0, 0.1) is 31.6 Å². The molecule has 4 heteroatoms. The molecule has 4 nitrogen and oxygen atoms in total. The number of hydrogen-bond donors (Lipinski definition) is 1. The molecule has 1 saturated carbocycles. The molecular weight excluding hydrogens is 264 g/mol. The van der Waals surface area contributed by atoms with Gasteiger partial charge in [0.05, 0.1) is 23.2 Å². The molecule has 1 aliphatic carbocycles. The Kier molecular flexibility index (Phi) is 3.27. The number of benzene rings is 1. The summed E-state index contributed by atoms with van der Waals surface area (Å²) >= 11 is 0. The Balaban J connectivity index is 1.97. The zero-order valence-corrected chi connectivity index (χ0v) is 12.8. The summed E-state index contributed by atoms with van der Waals surface area (Å²) in [7, 11) is 0. The van der Waals surface area contributed by atoms with Crippen LogP contribution in [0.1, 0.15) is 37.3 Å². The summed E-state index contributed by atoms with van der Waals surface area (Å²) in [4.78, 5) is 26.7. The smallest absolute Gasteiger partial charge is 0.237 e. The van der Waals surface area contributed by atoms with Crippen molar-refractivity contribution < 1.29 is 9.59 Å². The zero-order chi connectivity index (χ0) is 15.3. The second-order valence-corrected chi connectivity index (χ2v) is 6.47. The van der Waals surface area contributed by atoms with Crippen LogP contribution in [-0.4, -0.2) is 11.8 Å². The molecule has 1 aromatic rings. The van der Waals surface area contributed by atoms with Crippen LogP contribution in [0.4, 0.5) is 11.4 Å². The minimum absolute atomic E-state index is 0.0593. The van der Waals surface area contributed by atoms with E-state index in [1.807, 2.05) is 26.0 Å². The number of aryl methyl sites for hydroxylation is 2. The van der Waals surface area contributed by atoms with Gasteiger partial charge in [0.2, 0.25) is 11.8 Å². The molecule has 0 aromatic heterocycles. The van der Waals surface area contributed by atoms with Gasteiger partial charge in [-0.15, -0.1) is 0 Å². The molecule has 0 spiro atoms. The molecule has 2 fully saturated rings. The van der Waals surface area contributed by atoms with E-state index in [2.05, 4.69) is 6.92 Å². The number of nitrogen functional groups attached to an aromatic ring is 1. The largest absolute Gasteiger partial charge is 0.397 e. The van der Waals surface area contributed by atoms with Crippen molar-refractivity contribution in [3.8, 4) is 0 Å². The van der Waals surface area contributed by atoms with E-state index in [1.165, 1.54) is 4.90 Å². The molecule has 1 aliphatic heterocycles. The third-order valence-corrected chi connectivity index (χ3v) is 5.20. The summed E-state index contributed by atoms with van der Waals surface area (Å²) < 4.78 is 0. The number of fused-ring (bicyclic) bond motifs is 1. The molecule has 2 aliphatic rings. The van der Waals surface area contributed by atoms with Gasteiger partial charge < -0.3 is 5.73 Å². The summed E-state index contributed by atoms with van der Waals surface area (Å²) in [6.45, 7) is 6.07. The Labute approximate surface area is 125 Å². The molecule has 2 atom stereocenters. The molecule has 2 amide bonds. The predicted octanol–water partition coefficient (Wildman–Crippen LogP) is 2.81. The van der Waals surface area contributed by atoms with Crippen molar-refractivity contribution in [2.75, 3.05) is 10.6 Å². The summed E-state index contributed by atoms with van der Waals surface area (Å²) in [6.07, 6.45) is 2.72. The molecule has 1 aromatic carbocycles. The van der Waals surface area contributed by atoms with Crippen LogP contribution in [0.5, 0.6) is 0 Å². The van der Waals surface area contributed by atoms with Crippen LogP contribution in [0.15, 0.2) is 12.1 Å². The van der Waals surface area contributed by atoms with Gasteiger partial charge >= 0.3 is 0 Å². The van der Waals surface area contributed by atoms with Gasteiger partial charge in [0.1, 0.15) is 0 Å². The average Bonchev–Trinajstić information content (AvgIpc) is 2.96. The quantitative estimate of drug-likeness (QED) is 0.671. The highest BCUT2D eigenvalue weighted by atomic mass is 16.2. The van der Waals surface area contributed by atoms with E-state index in [0.717, 1.165) is 30.4 Å². The van der Waals surface area contributed by atoms with Crippen LogP contribution in [0.2, 0.25) is 0 Å². The number of imide groups is 1. The van der Waals surface area contributed by atoms with Crippen molar-refractivity contribution in [1.29, 1.82) is 0 Å². The lowest BCUT2D eigenvalue weighted by molar-refractivity contribution is -0.123. The number of anilines is 2. The van der Waals surface area contributed by atoms with Gasteiger partial charge in [-0.05, 0) is 55.9 Å². The molecule has 0 bridgehead atoms. The Hall–Kier alpha value is -1.84. The lowest BCUT2D eigenvalue weighted by Gasteiger charge is -2.20. The molecule has 112 valence electrons. The van der Waals surface area contributed by atoms with Crippen molar-refractivity contribution in [2.24, 2.45) is 17.8 Å². The van der Waals surface area contributed by atoms with E-state index in [4.69, 9.17) is 5.73 Å². The fourth-order valence-electron chi connectivity index (χ4n) is 3.72. The van der Waals surface area contributed by atoms with Crippen LogP contribution < -0.4 is 10.6 Å². The monoisotopic (exact) mass is 286 g/mol. The van der Waals surface area contributed by atoms with Crippen molar-refractivity contribution in [2.45, 2.75) is 40.0 Å². The lowest BCUT2D eigenvalue weighted by Crippen LogP contribution is -2.33. The highest BCUT2D eigenvalue weighted by Gasteiger charge is 2.53. The third kappa shape index (κ3) is 2.04. The standard InChI is InChI=1S/C17H22N2O2/c1-4-11-7-12-13(8-11)17(21)19(16(12)20)15-6-10(3)9(2)5-14(15)18/h5-6,11-13H,4,7-8,18H2,1-3H3. The van der Waals surface area contributed by atoms with Gasteiger partial charge in [0, 0.05) is 0 Å². The number of amides is 2. The van der Waals surface area contributed by atoms with E-state index < -0.39 is 0 Å². The molecule has 2 unspecified atom stereocenters. The molecule has 2 N–H and O–H groups in total. The van der Waals surface area contributed by atoms with Crippen LogP contribution in [0.25, 0.3) is 0 Å².